The molecule has 0 radical (unpaired) electrons. The minimum absolute atomic E-state index is 0.245. The van der Waals surface area contributed by atoms with Crippen molar-refractivity contribution in [1.82, 2.24) is 4.98 Å². The standard InChI is InChI=1S/C22H25N2O4P/c1-15(2)27-29(26,28-16(3)4)20-13-12-19(21-18(20)11-8-14-23-21)24-22(25)17-9-6-5-7-10-17/h5-16H,1-4H3,(H,24,25). The molecule has 3 aromatic rings. The van der Waals surface area contributed by atoms with Crippen LogP contribution in [0.15, 0.2) is 60.8 Å². The molecular weight excluding hydrogens is 387 g/mol. The van der Waals surface area contributed by atoms with E-state index in [0.29, 0.717) is 27.5 Å². The average molecular weight is 412 g/mol. The fraction of sp³-hybridized carbons (Fsp3) is 0.273. The third-order valence-corrected chi connectivity index (χ3v) is 6.40. The molecule has 0 bridgehead atoms. The molecule has 0 aliphatic heterocycles. The molecule has 0 aliphatic carbocycles. The minimum atomic E-state index is -3.59. The molecule has 0 saturated heterocycles. The number of hydrogen-bond acceptors (Lipinski definition) is 5. The summed E-state index contributed by atoms with van der Waals surface area (Å²) in [5, 5.41) is 3.93. The Balaban J connectivity index is 2.07. The van der Waals surface area contributed by atoms with Crippen LogP contribution in [0.3, 0.4) is 0 Å². The highest BCUT2D eigenvalue weighted by molar-refractivity contribution is 7.62. The summed E-state index contributed by atoms with van der Waals surface area (Å²) in [5.41, 5.74) is 1.59. The van der Waals surface area contributed by atoms with E-state index in [0.717, 1.165) is 0 Å². The number of benzene rings is 2. The van der Waals surface area contributed by atoms with Gasteiger partial charge in [0.25, 0.3) is 5.91 Å². The van der Waals surface area contributed by atoms with Crippen molar-refractivity contribution in [2.45, 2.75) is 39.9 Å². The monoisotopic (exact) mass is 412 g/mol. The van der Waals surface area contributed by atoms with Crippen LogP contribution >= 0.6 is 7.60 Å². The van der Waals surface area contributed by atoms with E-state index in [1.165, 1.54) is 0 Å². The van der Waals surface area contributed by atoms with Gasteiger partial charge in [-0.2, -0.15) is 0 Å². The van der Waals surface area contributed by atoms with E-state index in [-0.39, 0.29) is 18.1 Å². The van der Waals surface area contributed by atoms with Gasteiger partial charge in [0.05, 0.1) is 28.7 Å². The predicted octanol–water partition coefficient (Wildman–Crippen LogP) is 5.16. The van der Waals surface area contributed by atoms with Gasteiger partial charge in [-0.25, -0.2) is 0 Å². The molecule has 0 saturated carbocycles. The lowest BCUT2D eigenvalue weighted by atomic mass is 10.1. The highest BCUT2D eigenvalue weighted by Gasteiger charge is 2.33. The number of hydrogen-bond donors (Lipinski definition) is 1. The van der Waals surface area contributed by atoms with Gasteiger partial charge < -0.3 is 14.4 Å². The van der Waals surface area contributed by atoms with Crippen molar-refractivity contribution >= 4 is 35.4 Å². The lowest BCUT2D eigenvalue weighted by Gasteiger charge is -2.24. The first-order valence-corrected chi connectivity index (χ1v) is 11.1. The van der Waals surface area contributed by atoms with Crippen LogP contribution in [0.4, 0.5) is 5.69 Å². The summed E-state index contributed by atoms with van der Waals surface area (Å²) in [7, 11) is -3.59. The number of carbonyl (C=O) groups is 1. The number of anilines is 1. The molecule has 29 heavy (non-hydrogen) atoms. The second kappa shape index (κ2) is 8.87. The lowest BCUT2D eigenvalue weighted by molar-refractivity contribution is 0.102. The number of aromatic nitrogens is 1. The van der Waals surface area contributed by atoms with Crippen LogP contribution in [0.1, 0.15) is 38.1 Å². The molecule has 0 atom stereocenters. The summed E-state index contributed by atoms with van der Waals surface area (Å²) in [4.78, 5) is 17.0. The molecule has 1 N–H and O–H groups in total. The molecule has 1 heterocycles. The van der Waals surface area contributed by atoms with Gasteiger partial charge in [0.2, 0.25) is 0 Å². The van der Waals surface area contributed by atoms with Crippen LogP contribution in [-0.4, -0.2) is 23.1 Å². The molecule has 152 valence electrons. The second-order valence-electron chi connectivity index (χ2n) is 7.16. The maximum Gasteiger partial charge on any atom is 0.362 e. The van der Waals surface area contributed by atoms with E-state index < -0.39 is 7.60 Å². The molecule has 0 spiro atoms. The smallest absolute Gasteiger partial charge is 0.320 e. The van der Waals surface area contributed by atoms with E-state index >= 15 is 0 Å². The summed E-state index contributed by atoms with van der Waals surface area (Å²) in [5.74, 6) is -0.245. The van der Waals surface area contributed by atoms with Gasteiger partial charge in [-0.1, -0.05) is 24.3 Å². The highest BCUT2D eigenvalue weighted by Crippen LogP contribution is 2.51. The molecule has 1 amide bonds. The number of fused-ring (bicyclic) bond motifs is 1. The van der Waals surface area contributed by atoms with Crippen molar-refractivity contribution in [3.05, 3.63) is 66.4 Å². The molecule has 0 fully saturated rings. The molecule has 0 aliphatic rings. The van der Waals surface area contributed by atoms with Gasteiger partial charge in [0, 0.05) is 17.1 Å². The Labute approximate surface area is 170 Å². The third kappa shape index (κ3) is 4.91. The van der Waals surface area contributed by atoms with Crippen molar-refractivity contribution in [1.29, 1.82) is 0 Å². The van der Waals surface area contributed by atoms with Gasteiger partial charge >= 0.3 is 7.60 Å². The Kier molecular flexibility index (Phi) is 6.48. The molecule has 6 nitrogen and oxygen atoms in total. The quantitative estimate of drug-likeness (QED) is 0.543. The third-order valence-electron chi connectivity index (χ3n) is 4.03. The number of nitrogens with zero attached hydrogens (tertiary/aromatic N) is 1. The highest BCUT2D eigenvalue weighted by atomic mass is 31.2. The Hall–Kier alpha value is -2.53. The van der Waals surface area contributed by atoms with E-state index in [9.17, 15) is 9.36 Å². The maximum atomic E-state index is 13.6. The summed E-state index contributed by atoms with van der Waals surface area (Å²) < 4.78 is 25.1. The zero-order chi connectivity index (χ0) is 21.0. The second-order valence-corrected chi connectivity index (χ2v) is 9.06. The van der Waals surface area contributed by atoms with Crippen LogP contribution in [0.5, 0.6) is 0 Å². The van der Waals surface area contributed by atoms with Crippen LogP contribution < -0.4 is 10.6 Å². The minimum Gasteiger partial charge on any atom is -0.320 e. The number of amides is 1. The number of nitrogens with one attached hydrogen (secondary N) is 1. The lowest BCUT2D eigenvalue weighted by Crippen LogP contribution is -2.19. The molecule has 3 rings (SSSR count). The van der Waals surface area contributed by atoms with Crippen molar-refractivity contribution in [2.24, 2.45) is 0 Å². The van der Waals surface area contributed by atoms with Gasteiger partial charge in [-0.05, 0) is 58.0 Å². The first kappa shape index (κ1) is 21.2. The molecular formula is C22H25N2O4P. The zero-order valence-electron chi connectivity index (χ0n) is 17.0. The Morgan fingerprint density at radius 3 is 2.21 bits per heavy atom. The fourth-order valence-electron chi connectivity index (χ4n) is 2.97. The largest absolute Gasteiger partial charge is 0.362 e. The van der Waals surface area contributed by atoms with E-state index in [4.69, 9.17) is 9.05 Å². The Morgan fingerprint density at radius 2 is 1.59 bits per heavy atom. The van der Waals surface area contributed by atoms with Crippen LogP contribution in [0.25, 0.3) is 10.9 Å². The first-order valence-electron chi connectivity index (χ1n) is 9.51. The van der Waals surface area contributed by atoms with Crippen LogP contribution in [0, 0.1) is 0 Å². The summed E-state index contributed by atoms with van der Waals surface area (Å²) >= 11 is 0. The zero-order valence-corrected chi connectivity index (χ0v) is 17.9. The molecule has 0 unspecified atom stereocenters. The predicted molar refractivity (Wildman–Crippen MR) is 116 cm³/mol. The summed E-state index contributed by atoms with van der Waals surface area (Å²) in [6, 6.07) is 15.8. The molecule has 2 aromatic carbocycles. The fourth-order valence-corrected chi connectivity index (χ4v) is 5.09. The number of pyridine rings is 1. The van der Waals surface area contributed by atoms with E-state index in [1.54, 1.807) is 54.7 Å². The van der Waals surface area contributed by atoms with Gasteiger partial charge in [0.1, 0.15) is 0 Å². The van der Waals surface area contributed by atoms with Crippen molar-refractivity contribution in [2.75, 3.05) is 5.32 Å². The normalized spacial score (nSPS) is 11.9. The van der Waals surface area contributed by atoms with Crippen LogP contribution in [0.2, 0.25) is 0 Å². The Bertz CT molecular complexity index is 1040. The topological polar surface area (TPSA) is 77.5 Å². The van der Waals surface area contributed by atoms with E-state index in [2.05, 4.69) is 10.3 Å². The van der Waals surface area contributed by atoms with Crippen molar-refractivity contribution < 1.29 is 18.4 Å². The maximum absolute atomic E-state index is 13.6. The Morgan fingerprint density at radius 1 is 0.931 bits per heavy atom. The first-order chi connectivity index (χ1) is 13.8. The van der Waals surface area contributed by atoms with Crippen molar-refractivity contribution in [3.8, 4) is 0 Å². The number of rotatable bonds is 7. The molecule has 7 heteroatoms. The SMILES string of the molecule is CC(C)OP(=O)(OC(C)C)c1ccc(NC(=O)c2ccccc2)c2ncccc12. The van der Waals surface area contributed by atoms with E-state index in [1.807, 2.05) is 33.8 Å². The van der Waals surface area contributed by atoms with Gasteiger partial charge in [0.15, 0.2) is 0 Å². The average Bonchev–Trinajstić information content (AvgIpc) is 2.67. The van der Waals surface area contributed by atoms with Crippen LogP contribution in [-0.2, 0) is 13.6 Å². The van der Waals surface area contributed by atoms with Crippen molar-refractivity contribution in [3.63, 3.8) is 0 Å². The molecule has 1 aromatic heterocycles. The van der Waals surface area contributed by atoms with Gasteiger partial charge in [-0.15, -0.1) is 0 Å². The number of carbonyl (C=O) groups excluding carboxylic acids is 1. The summed E-state index contributed by atoms with van der Waals surface area (Å²) in [6.07, 6.45) is 1.05. The summed E-state index contributed by atoms with van der Waals surface area (Å²) in [6.45, 7) is 7.24. The van der Waals surface area contributed by atoms with Gasteiger partial charge in [-0.3, -0.25) is 14.3 Å².